The number of halogens is 1. The number of methoxy groups -OCH3 is 1. The number of carbonyl (C=O) groups excluding carboxylic acids is 2. The van der Waals surface area contributed by atoms with E-state index in [1.807, 2.05) is 11.4 Å². The molecule has 110 valence electrons. The van der Waals surface area contributed by atoms with Crippen LogP contribution in [-0.4, -0.2) is 24.0 Å². The molecule has 2 aromatic rings. The van der Waals surface area contributed by atoms with Crippen molar-refractivity contribution in [1.29, 1.82) is 0 Å². The summed E-state index contributed by atoms with van der Waals surface area (Å²) < 4.78 is 5.59. The van der Waals surface area contributed by atoms with Gasteiger partial charge in [0, 0.05) is 20.9 Å². The first-order valence-corrected chi connectivity index (χ1v) is 7.80. The van der Waals surface area contributed by atoms with Gasteiger partial charge in [-0.2, -0.15) is 0 Å². The number of thiophene rings is 1. The summed E-state index contributed by atoms with van der Waals surface area (Å²) >= 11 is 4.82. The van der Waals surface area contributed by atoms with Crippen LogP contribution in [0.4, 0.5) is 0 Å². The lowest BCUT2D eigenvalue weighted by Gasteiger charge is -2.16. The van der Waals surface area contributed by atoms with E-state index in [1.54, 1.807) is 24.4 Å². The van der Waals surface area contributed by atoms with Crippen molar-refractivity contribution in [3.63, 3.8) is 0 Å². The highest BCUT2D eigenvalue weighted by molar-refractivity contribution is 9.10. The Kier molecular flexibility index (Phi) is 5.46. The zero-order valence-corrected chi connectivity index (χ0v) is 13.6. The summed E-state index contributed by atoms with van der Waals surface area (Å²) in [7, 11) is 1.32. The maximum absolute atomic E-state index is 12.2. The molecule has 1 atom stereocenters. The van der Waals surface area contributed by atoms with Gasteiger partial charge in [0.25, 0.3) is 5.91 Å². The monoisotopic (exact) mass is 368 g/mol. The molecule has 1 unspecified atom stereocenters. The van der Waals surface area contributed by atoms with E-state index in [2.05, 4.69) is 31.0 Å². The average molecular weight is 369 g/mol. The van der Waals surface area contributed by atoms with Gasteiger partial charge in [0.15, 0.2) is 0 Å². The fourth-order valence-electron chi connectivity index (χ4n) is 1.71. The summed E-state index contributed by atoms with van der Waals surface area (Å²) in [5.74, 6) is -0.708. The van der Waals surface area contributed by atoms with E-state index in [1.165, 1.54) is 18.4 Å². The molecule has 0 aromatic carbocycles. The first kappa shape index (κ1) is 15.7. The number of carbonyl (C=O) groups is 2. The number of esters is 1. The Balaban J connectivity index is 2.16. The average Bonchev–Trinajstić information content (AvgIpc) is 2.93. The van der Waals surface area contributed by atoms with Crippen LogP contribution in [-0.2, 0) is 9.53 Å². The van der Waals surface area contributed by atoms with Crippen LogP contribution in [0.3, 0.4) is 0 Å². The molecule has 2 aromatic heterocycles. The van der Waals surface area contributed by atoms with Gasteiger partial charge in [-0.25, -0.2) is 0 Å². The Morgan fingerprint density at radius 3 is 2.86 bits per heavy atom. The number of pyridine rings is 1. The van der Waals surface area contributed by atoms with Crippen molar-refractivity contribution in [3.05, 3.63) is 50.9 Å². The van der Waals surface area contributed by atoms with Crippen molar-refractivity contribution in [3.8, 4) is 0 Å². The standard InChI is InChI=1S/C14H13BrN2O3S/c1-20-13(18)7-11(12-6-9(15)8-21-12)17-14(19)10-4-2-3-5-16-10/h2-6,8,11H,7H2,1H3,(H,17,19). The smallest absolute Gasteiger partial charge is 0.307 e. The summed E-state index contributed by atoms with van der Waals surface area (Å²) in [6, 6.07) is 6.52. The molecule has 0 radical (unpaired) electrons. The molecule has 0 saturated carbocycles. The van der Waals surface area contributed by atoms with Gasteiger partial charge in [-0.15, -0.1) is 11.3 Å². The summed E-state index contributed by atoms with van der Waals surface area (Å²) in [5, 5.41) is 4.71. The largest absolute Gasteiger partial charge is 0.469 e. The lowest BCUT2D eigenvalue weighted by atomic mass is 10.1. The number of hydrogen-bond acceptors (Lipinski definition) is 5. The highest BCUT2D eigenvalue weighted by Gasteiger charge is 2.21. The van der Waals surface area contributed by atoms with Gasteiger partial charge in [-0.05, 0) is 34.1 Å². The molecule has 1 amide bonds. The van der Waals surface area contributed by atoms with Crippen LogP contribution < -0.4 is 5.32 Å². The molecule has 2 rings (SSSR count). The van der Waals surface area contributed by atoms with Crippen molar-refractivity contribution in [2.24, 2.45) is 0 Å². The van der Waals surface area contributed by atoms with Crippen LogP contribution in [0.5, 0.6) is 0 Å². The van der Waals surface area contributed by atoms with Gasteiger partial charge >= 0.3 is 5.97 Å². The van der Waals surface area contributed by atoms with Crippen molar-refractivity contribution < 1.29 is 14.3 Å². The van der Waals surface area contributed by atoms with Crippen LogP contribution in [0.15, 0.2) is 40.3 Å². The molecule has 0 saturated heterocycles. The number of amides is 1. The van der Waals surface area contributed by atoms with E-state index in [0.717, 1.165) is 9.35 Å². The molecule has 0 bridgehead atoms. The van der Waals surface area contributed by atoms with Crippen LogP contribution in [0, 0.1) is 0 Å². The van der Waals surface area contributed by atoms with E-state index in [0.29, 0.717) is 5.69 Å². The molecule has 0 aliphatic carbocycles. The molecule has 2 heterocycles. The predicted octanol–water partition coefficient (Wildman–Crippen LogP) is 2.94. The predicted molar refractivity (Wildman–Crippen MR) is 83.1 cm³/mol. The zero-order valence-electron chi connectivity index (χ0n) is 11.2. The Morgan fingerprint density at radius 2 is 2.29 bits per heavy atom. The Labute approximate surface area is 134 Å². The maximum Gasteiger partial charge on any atom is 0.307 e. The fourth-order valence-corrected chi connectivity index (χ4v) is 3.21. The van der Waals surface area contributed by atoms with E-state index >= 15 is 0 Å². The molecular weight excluding hydrogens is 356 g/mol. The van der Waals surface area contributed by atoms with E-state index in [4.69, 9.17) is 0 Å². The van der Waals surface area contributed by atoms with Gasteiger partial charge in [-0.1, -0.05) is 6.07 Å². The number of nitrogens with zero attached hydrogens (tertiary/aromatic N) is 1. The molecule has 0 fully saturated rings. The minimum atomic E-state index is -0.441. The van der Waals surface area contributed by atoms with Gasteiger partial charge in [0.2, 0.25) is 0 Å². The van der Waals surface area contributed by atoms with Gasteiger partial charge in [0.05, 0.1) is 19.6 Å². The molecular formula is C14H13BrN2O3S. The Hall–Kier alpha value is -1.73. The lowest BCUT2D eigenvalue weighted by Crippen LogP contribution is -2.30. The molecule has 0 aliphatic rings. The zero-order chi connectivity index (χ0) is 15.2. The lowest BCUT2D eigenvalue weighted by molar-refractivity contribution is -0.141. The highest BCUT2D eigenvalue weighted by Crippen LogP contribution is 2.28. The number of aromatic nitrogens is 1. The van der Waals surface area contributed by atoms with Crippen molar-refractivity contribution in [2.75, 3.05) is 7.11 Å². The van der Waals surface area contributed by atoms with Gasteiger partial charge in [0.1, 0.15) is 5.69 Å². The van der Waals surface area contributed by atoms with Gasteiger partial charge < -0.3 is 10.1 Å². The second-order valence-electron chi connectivity index (χ2n) is 4.19. The maximum atomic E-state index is 12.2. The highest BCUT2D eigenvalue weighted by atomic mass is 79.9. The van der Waals surface area contributed by atoms with E-state index < -0.39 is 6.04 Å². The topological polar surface area (TPSA) is 68.3 Å². The fraction of sp³-hybridized carbons (Fsp3) is 0.214. The van der Waals surface area contributed by atoms with Crippen LogP contribution in [0.1, 0.15) is 27.8 Å². The number of rotatable bonds is 5. The van der Waals surface area contributed by atoms with Crippen molar-refractivity contribution in [2.45, 2.75) is 12.5 Å². The molecule has 7 heteroatoms. The van der Waals surface area contributed by atoms with Crippen LogP contribution in [0.2, 0.25) is 0 Å². The molecule has 5 nitrogen and oxygen atoms in total. The second kappa shape index (κ2) is 7.33. The van der Waals surface area contributed by atoms with Gasteiger partial charge in [-0.3, -0.25) is 14.6 Å². The minimum Gasteiger partial charge on any atom is -0.469 e. The quantitative estimate of drug-likeness (QED) is 0.823. The minimum absolute atomic E-state index is 0.0715. The summed E-state index contributed by atoms with van der Waals surface area (Å²) in [6.45, 7) is 0. The van der Waals surface area contributed by atoms with Crippen LogP contribution >= 0.6 is 27.3 Å². The van der Waals surface area contributed by atoms with Crippen LogP contribution in [0.25, 0.3) is 0 Å². The third-order valence-electron chi connectivity index (χ3n) is 2.73. The third-order valence-corrected chi connectivity index (χ3v) is 4.54. The van der Waals surface area contributed by atoms with Crippen molar-refractivity contribution >= 4 is 39.1 Å². The Morgan fingerprint density at radius 1 is 1.48 bits per heavy atom. The number of ether oxygens (including phenoxy) is 1. The second-order valence-corrected chi connectivity index (χ2v) is 6.05. The van der Waals surface area contributed by atoms with Crippen molar-refractivity contribution in [1.82, 2.24) is 10.3 Å². The van der Waals surface area contributed by atoms with E-state index in [9.17, 15) is 9.59 Å². The SMILES string of the molecule is COC(=O)CC(NC(=O)c1ccccn1)c1cc(Br)cs1. The Bertz CT molecular complexity index is 630. The number of nitrogens with one attached hydrogen (secondary N) is 1. The summed E-state index contributed by atoms with van der Waals surface area (Å²) in [4.78, 5) is 28.6. The van der Waals surface area contributed by atoms with E-state index in [-0.39, 0.29) is 18.3 Å². The molecule has 21 heavy (non-hydrogen) atoms. The first-order chi connectivity index (χ1) is 10.1. The molecule has 1 N–H and O–H groups in total. The number of hydrogen-bond donors (Lipinski definition) is 1. The molecule has 0 spiro atoms. The summed E-state index contributed by atoms with van der Waals surface area (Å²) in [5.41, 5.74) is 0.308. The third kappa shape index (κ3) is 4.37. The first-order valence-electron chi connectivity index (χ1n) is 6.13. The molecule has 0 aliphatic heterocycles. The normalized spacial score (nSPS) is 11.7. The summed E-state index contributed by atoms with van der Waals surface area (Å²) in [6.07, 6.45) is 1.62.